The van der Waals surface area contributed by atoms with Gasteiger partial charge in [-0.15, -0.1) is 11.3 Å². The second-order valence-corrected chi connectivity index (χ2v) is 9.89. The van der Waals surface area contributed by atoms with E-state index >= 15 is 0 Å². The smallest absolute Gasteiger partial charge is 0.319 e. The Hall–Kier alpha value is -2.90. The van der Waals surface area contributed by atoms with Gasteiger partial charge in [-0.3, -0.25) is 14.2 Å². The highest BCUT2D eigenvalue weighted by Gasteiger charge is 2.24. The number of nitrogens with zero attached hydrogens (tertiary/aromatic N) is 2. The lowest BCUT2D eigenvalue weighted by atomic mass is 10.0. The second kappa shape index (κ2) is 9.71. The van der Waals surface area contributed by atoms with Gasteiger partial charge in [0, 0.05) is 10.4 Å². The summed E-state index contributed by atoms with van der Waals surface area (Å²) < 4.78 is 6.90. The molecule has 2 aromatic carbocycles. The molecule has 32 heavy (non-hydrogen) atoms. The van der Waals surface area contributed by atoms with Gasteiger partial charge in [-0.2, -0.15) is 0 Å². The van der Waals surface area contributed by atoms with Crippen LogP contribution in [0.3, 0.4) is 0 Å². The number of thioether (sulfide) groups is 1. The molecular formula is C25H24N2O3S2. The molecule has 1 atom stereocenters. The number of ether oxygens (including phenoxy) is 1. The molecule has 0 radical (unpaired) electrons. The summed E-state index contributed by atoms with van der Waals surface area (Å²) in [7, 11) is 0. The minimum Gasteiger partial charge on any atom is -0.465 e. The summed E-state index contributed by atoms with van der Waals surface area (Å²) in [5, 5.41) is 0.596. The second-order valence-electron chi connectivity index (χ2n) is 7.38. The van der Waals surface area contributed by atoms with Crippen LogP contribution in [0.2, 0.25) is 0 Å². The normalized spacial score (nSPS) is 12.1. The van der Waals surface area contributed by atoms with E-state index in [1.54, 1.807) is 11.5 Å². The largest absolute Gasteiger partial charge is 0.465 e. The lowest BCUT2D eigenvalue weighted by Gasteiger charge is -2.15. The van der Waals surface area contributed by atoms with Crippen molar-refractivity contribution >= 4 is 39.3 Å². The molecule has 2 aromatic heterocycles. The number of para-hydroxylation sites is 1. The number of thiophene rings is 1. The molecule has 5 nitrogen and oxygen atoms in total. The fourth-order valence-electron chi connectivity index (χ4n) is 3.51. The molecule has 164 valence electrons. The number of carbonyl (C=O) groups excluding carboxylic acids is 1. The average molecular weight is 465 g/mol. The maximum atomic E-state index is 13.9. The molecular weight excluding hydrogens is 440 g/mol. The molecule has 0 spiro atoms. The zero-order valence-corrected chi connectivity index (χ0v) is 19.8. The predicted octanol–water partition coefficient (Wildman–Crippen LogP) is 5.86. The van der Waals surface area contributed by atoms with Crippen molar-refractivity contribution in [3.8, 4) is 16.8 Å². The van der Waals surface area contributed by atoms with Crippen LogP contribution in [0.1, 0.15) is 25.1 Å². The molecule has 0 fully saturated rings. The summed E-state index contributed by atoms with van der Waals surface area (Å²) in [4.78, 5) is 32.8. The van der Waals surface area contributed by atoms with E-state index in [2.05, 4.69) is 0 Å². The molecule has 1 unspecified atom stereocenters. The number of aromatic nitrogens is 2. The first-order valence-corrected chi connectivity index (χ1v) is 12.2. The molecule has 0 saturated carbocycles. The minimum atomic E-state index is -0.490. The van der Waals surface area contributed by atoms with E-state index < -0.39 is 5.25 Å². The van der Waals surface area contributed by atoms with E-state index in [0.29, 0.717) is 27.7 Å². The first-order chi connectivity index (χ1) is 15.5. The highest BCUT2D eigenvalue weighted by atomic mass is 32.2. The lowest BCUT2D eigenvalue weighted by molar-refractivity contribution is -0.142. The van der Waals surface area contributed by atoms with Crippen molar-refractivity contribution in [2.75, 3.05) is 6.61 Å². The standard InChI is InChI=1S/C25H24N2O3S2/c1-4-15-30-24(29)17(3)32-25-26-22-21(23(28)27(25)19-13-9-6-10-14-19)20(16(2)31-22)18-11-7-5-8-12-18/h5-14,17H,4,15H2,1-3H3. The van der Waals surface area contributed by atoms with Crippen LogP contribution in [0.25, 0.3) is 27.0 Å². The van der Waals surface area contributed by atoms with Crippen LogP contribution in [0.5, 0.6) is 0 Å². The van der Waals surface area contributed by atoms with Gasteiger partial charge in [-0.25, -0.2) is 4.98 Å². The minimum absolute atomic E-state index is 0.138. The van der Waals surface area contributed by atoms with E-state index in [0.717, 1.165) is 22.4 Å². The number of esters is 1. The van der Waals surface area contributed by atoms with Gasteiger partial charge in [0.25, 0.3) is 5.56 Å². The van der Waals surface area contributed by atoms with Crippen molar-refractivity contribution in [1.82, 2.24) is 9.55 Å². The summed E-state index contributed by atoms with van der Waals surface area (Å²) in [6.45, 7) is 6.13. The van der Waals surface area contributed by atoms with E-state index in [4.69, 9.17) is 9.72 Å². The summed E-state index contributed by atoms with van der Waals surface area (Å²) in [6, 6.07) is 19.3. The Morgan fingerprint density at radius 1 is 1.12 bits per heavy atom. The maximum Gasteiger partial charge on any atom is 0.319 e. The van der Waals surface area contributed by atoms with Crippen molar-refractivity contribution in [1.29, 1.82) is 0 Å². The highest BCUT2D eigenvalue weighted by molar-refractivity contribution is 8.00. The van der Waals surface area contributed by atoms with Crippen LogP contribution < -0.4 is 5.56 Å². The zero-order chi connectivity index (χ0) is 22.7. The van der Waals surface area contributed by atoms with Gasteiger partial charge < -0.3 is 4.74 Å². The van der Waals surface area contributed by atoms with E-state index in [9.17, 15) is 9.59 Å². The maximum absolute atomic E-state index is 13.9. The Labute approximate surface area is 195 Å². The number of benzene rings is 2. The van der Waals surface area contributed by atoms with E-state index in [1.807, 2.05) is 74.5 Å². The van der Waals surface area contributed by atoms with Gasteiger partial charge in [0.1, 0.15) is 10.1 Å². The van der Waals surface area contributed by atoms with Crippen LogP contribution in [0.15, 0.2) is 70.6 Å². The third kappa shape index (κ3) is 4.36. The van der Waals surface area contributed by atoms with Gasteiger partial charge in [-0.05, 0) is 38.0 Å². The first kappa shape index (κ1) is 22.3. The fourth-order valence-corrected chi connectivity index (χ4v) is 5.52. The Bertz CT molecular complexity index is 1300. The predicted molar refractivity (Wildman–Crippen MR) is 132 cm³/mol. The van der Waals surface area contributed by atoms with Crippen LogP contribution >= 0.6 is 23.1 Å². The molecule has 0 aliphatic carbocycles. The molecule has 4 aromatic rings. The third-order valence-electron chi connectivity index (χ3n) is 5.01. The zero-order valence-electron chi connectivity index (χ0n) is 18.2. The van der Waals surface area contributed by atoms with Gasteiger partial charge in [0.15, 0.2) is 5.16 Å². The number of carbonyl (C=O) groups is 1. The van der Waals surface area contributed by atoms with Crippen molar-refractivity contribution in [3.63, 3.8) is 0 Å². The number of fused-ring (bicyclic) bond motifs is 1. The summed E-state index contributed by atoms with van der Waals surface area (Å²) in [5.74, 6) is -0.307. The Kier molecular flexibility index (Phi) is 6.77. The van der Waals surface area contributed by atoms with Crippen LogP contribution in [0, 0.1) is 6.92 Å². The number of hydrogen-bond acceptors (Lipinski definition) is 6. The molecule has 0 amide bonds. The van der Waals surface area contributed by atoms with Gasteiger partial charge in [0.2, 0.25) is 0 Å². The molecule has 2 heterocycles. The summed E-state index contributed by atoms with van der Waals surface area (Å²) >= 11 is 2.75. The summed E-state index contributed by atoms with van der Waals surface area (Å²) in [6.07, 6.45) is 0.763. The molecule has 0 N–H and O–H groups in total. The Balaban J connectivity index is 1.91. The summed E-state index contributed by atoms with van der Waals surface area (Å²) in [5.41, 5.74) is 2.49. The SMILES string of the molecule is CCCOC(=O)C(C)Sc1nc2sc(C)c(-c3ccccc3)c2c(=O)n1-c1ccccc1. The van der Waals surface area contributed by atoms with Crippen molar-refractivity contribution in [3.05, 3.63) is 75.9 Å². The van der Waals surface area contributed by atoms with Crippen LogP contribution in [0.4, 0.5) is 0 Å². The van der Waals surface area contributed by atoms with Crippen molar-refractivity contribution < 1.29 is 9.53 Å². The van der Waals surface area contributed by atoms with Gasteiger partial charge in [0.05, 0.1) is 17.7 Å². The first-order valence-electron chi connectivity index (χ1n) is 10.5. The topological polar surface area (TPSA) is 61.2 Å². The molecule has 0 saturated heterocycles. The van der Waals surface area contributed by atoms with Crippen LogP contribution in [-0.4, -0.2) is 27.4 Å². The van der Waals surface area contributed by atoms with Crippen molar-refractivity contribution in [2.45, 2.75) is 37.6 Å². The van der Waals surface area contributed by atoms with E-state index in [-0.39, 0.29) is 11.5 Å². The fraction of sp³-hybridized carbons (Fsp3) is 0.240. The highest BCUT2D eigenvalue weighted by Crippen LogP contribution is 2.37. The third-order valence-corrected chi connectivity index (χ3v) is 7.04. The van der Waals surface area contributed by atoms with E-state index in [1.165, 1.54) is 23.1 Å². The Morgan fingerprint density at radius 2 is 1.78 bits per heavy atom. The molecule has 0 bridgehead atoms. The Morgan fingerprint density at radius 3 is 2.44 bits per heavy atom. The number of rotatable bonds is 7. The van der Waals surface area contributed by atoms with Gasteiger partial charge in [-0.1, -0.05) is 67.2 Å². The van der Waals surface area contributed by atoms with Crippen molar-refractivity contribution in [2.24, 2.45) is 0 Å². The number of aryl methyl sites for hydroxylation is 1. The molecule has 0 aliphatic rings. The van der Waals surface area contributed by atoms with Crippen LogP contribution in [-0.2, 0) is 9.53 Å². The lowest BCUT2D eigenvalue weighted by Crippen LogP contribution is -2.24. The van der Waals surface area contributed by atoms with Gasteiger partial charge >= 0.3 is 5.97 Å². The monoisotopic (exact) mass is 464 g/mol. The molecule has 7 heteroatoms. The average Bonchev–Trinajstić information content (AvgIpc) is 3.14. The quantitative estimate of drug-likeness (QED) is 0.195. The molecule has 0 aliphatic heterocycles. The molecule has 4 rings (SSSR count). The number of hydrogen-bond donors (Lipinski definition) is 0.